The van der Waals surface area contributed by atoms with Crippen LogP contribution in [0.2, 0.25) is 0 Å². The molecule has 0 radical (unpaired) electrons. The number of hydrogen-bond donors (Lipinski definition) is 1. The minimum atomic E-state index is -5.11. The van der Waals surface area contributed by atoms with Gasteiger partial charge in [0.05, 0.1) is 14.2 Å². The first kappa shape index (κ1) is 13.9. The molecule has 0 aliphatic heterocycles. The first-order valence-corrected chi connectivity index (χ1v) is 4.44. The van der Waals surface area contributed by atoms with E-state index < -0.39 is 29.2 Å². The Morgan fingerprint density at radius 1 is 1.33 bits per heavy atom. The maximum atomic E-state index is 12.1. The van der Waals surface area contributed by atoms with Crippen molar-refractivity contribution in [2.45, 2.75) is 6.36 Å². The topological polar surface area (TPSA) is 77.6 Å². The van der Waals surface area contributed by atoms with E-state index in [2.05, 4.69) is 19.2 Å². The standard InChI is InChI=1S/C9H8F3NO5/c1-16-5-3-4(14)7(18-9(10,11)12)6(13-5)8(15)17-2/h3H,1-2H3,(H,13,14). The van der Waals surface area contributed by atoms with Gasteiger partial charge < -0.3 is 19.2 Å². The van der Waals surface area contributed by atoms with Crippen LogP contribution in [0.5, 0.6) is 11.6 Å². The Morgan fingerprint density at radius 2 is 1.94 bits per heavy atom. The average molecular weight is 267 g/mol. The summed E-state index contributed by atoms with van der Waals surface area (Å²) in [5.74, 6) is -2.59. The Bertz CT molecular complexity index is 508. The number of nitrogens with one attached hydrogen (secondary N) is 1. The summed E-state index contributed by atoms with van der Waals surface area (Å²) in [6.07, 6.45) is -5.11. The van der Waals surface area contributed by atoms with Gasteiger partial charge in [0.2, 0.25) is 11.2 Å². The highest BCUT2D eigenvalue weighted by atomic mass is 19.4. The lowest BCUT2D eigenvalue weighted by Crippen LogP contribution is -2.25. The normalized spacial score (nSPS) is 10.9. The van der Waals surface area contributed by atoms with Crippen LogP contribution in [0.1, 0.15) is 10.5 Å². The van der Waals surface area contributed by atoms with Gasteiger partial charge in [-0.1, -0.05) is 0 Å². The second kappa shape index (κ2) is 4.98. The van der Waals surface area contributed by atoms with Crippen LogP contribution in [0.25, 0.3) is 0 Å². The fourth-order valence-corrected chi connectivity index (χ4v) is 1.10. The third-order valence-electron chi connectivity index (χ3n) is 1.79. The van der Waals surface area contributed by atoms with E-state index in [0.29, 0.717) is 6.07 Å². The second-order valence-corrected chi connectivity index (χ2v) is 2.95. The molecule has 0 unspecified atom stereocenters. The number of carbonyl (C=O) groups excluding carboxylic acids is 1. The Labute approximate surface area is 98.3 Å². The maximum absolute atomic E-state index is 12.1. The Hall–Kier alpha value is -2.19. The van der Waals surface area contributed by atoms with Crippen LogP contribution < -0.4 is 14.9 Å². The molecular formula is C9H8F3NO5. The first-order valence-electron chi connectivity index (χ1n) is 4.44. The predicted octanol–water partition coefficient (Wildman–Crippen LogP) is 1.07. The highest BCUT2D eigenvalue weighted by Gasteiger charge is 2.35. The molecule has 0 amide bonds. The summed E-state index contributed by atoms with van der Waals surface area (Å²) in [5, 5.41) is 0. The average Bonchev–Trinajstić information content (AvgIpc) is 2.28. The number of halogens is 3. The van der Waals surface area contributed by atoms with Gasteiger partial charge in [0.25, 0.3) is 0 Å². The quantitative estimate of drug-likeness (QED) is 0.829. The number of hydrogen-bond acceptors (Lipinski definition) is 5. The van der Waals surface area contributed by atoms with Crippen molar-refractivity contribution in [3.63, 3.8) is 0 Å². The molecule has 100 valence electrons. The Kier molecular flexibility index (Phi) is 3.84. The summed E-state index contributed by atoms with van der Waals surface area (Å²) < 4.78 is 48.6. The van der Waals surface area contributed by atoms with Gasteiger partial charge in [-0.15, -0.1) is 13.2 Å². The minimum absolute atomic E-state index is 0.199. The Balaban J connectivity index is 3.38. The smallest absolute Gasteiger partial charge is 0.482 e. The molecule has 0 saturated heterocycles. The lowest BCUT2D eigenvalue weighted by molar-refractivity contribution is -0.275. The van der Waals surface area contributed by atoms with Crippen molar-refractivity contribution in [3.05, 3.63) is 22.0 Å². The first-order chi connectivity index (χ1) is 8.28. The number of alkyl halides is 3. The predicted molar refractivity (Wildman–Crippen MR) is 51.6 cm³/mol. The molecule has 1 aromatic heterocycles. The number of rotatable bonds is 3. The second-order valence-electron chi connectivity index (χ2n) is 2.95. The molecule has 0 spiro atoms. The summed E-state index contributed by atoms with van der Waals surface area (Å²) in [5.41, 5.74) is -1.94. The molecule has 9 heteroatoms. The molecular weight excluding hydrogens is 259 g/mol. The zero-order valence-electron chi connectivity index (χ0n) is 9.25. The minimum Gasteiger partial charge on any atom is -0.482 e. The SMILES string of the molecule is COC(=O)c1[nH]c(OC)cc(=O)c1OC(F)(F)F. The van der Waals surface area contributed by atoms with E-state index in [1.807, 2.05) is 0 Å². The number of pyridine rings is 1. The van der Waals surface area contributed by atoms with Gasteiger partial charge in [-0.05, 0) is 0 Å². The number of aromatic amines is 1. The van der Waals surface area contributed by atoms with Crippen molar-refractivity contribution in [1.82, 2.24) is 4.98 Å². The van der Waals surface area contributed by atoms with E-state index in [4.69, 9.17) is 0 Å². The zero-order chi connectivity index (χ0) is 13.9. The van der Waals surface area contributed by atoms with Crippen molar-refractivity contribution < 1.29 is 32.2 Å². The van der Waals surface area contributed by atoms with Crippen LogP contribution in [0.4, 0.5) is 13.2 Å². The maximum Gasteiger partial charge on any atom is 0.573 e. The van der Waals surface area contributed by atoms with Gasteiger partial charge in [-0.25, -0.2) is 4.79 Å². The zero-order valence-corrected chi connectivity index (χ0v) is 9.25. The fourth-order valence-electron chi connectivity index (χ4n) is 1.10. The molecule has 0 atom stereocenters. The van der Waals surface area contributed by atoms with Crippen LogP contribution in [0.15, 0.2) is 10.9 Å². The molecule has 1 heterocycles. The van der Waals surface area contributed by atoms with Crippen molar-refractivity contribution in [1.29, 1.82) is 0 Å². The van der Waals surface area contributed by atoms with Crippen molar-refractivity contribution in [2.75, 3.05) is 14.2 Å². The van der Waals surface area contributed by atoms with Crippen molar-refractivity contribution in [3.8, 4) is 11.6 Å². The monoisotopic (exact) mass is 267 g/mol. The van der Waals surface area contributed by atoms with Crippen LogP contribution in [0, 0.1) is 0 Å². The van der Waals surface area contributed by atoms with E-state index in [0.717, 1.165) is 14.2 Å². The van der Waals surface area contributed by atoms with Gasteiger partial charge in [-0.2, -0.15) is 0 Å². The summed E-state index contributed by atoms with van der Waals surface area (Å²) >= 11 is 0. The Morgan fingerprint density at radius 3 is 2.39 bits per heavy atom. The molecule has 0 fully saturated rings. The number of H-pyrrole nitrogens is 1. The highest BCUT2D eigenvalue weighted by molar-refractivity contribution is 5.90. The summed E-state index contributed by atoms with van der Waals surface area (Å²) in [4.78, 5) is 24.8. The summed E-state index contributed by atoms with van der Waals surface area (Å²) in [6, 6.07) is 0.716. The lowest BCUT2D eigenvalue weighted by Gasteiger charge is -2.12. The molecule has 0 aromatic carbocycles. The molecule has 1 N–H and O–H groups in total. The third-order valence-corrected chi connectivity index (χ3v) is 1.79. The van der Waals surface area contributed by atoms with E-state index >= 15 is 0 Å². The highest BCUT2D eigenvalue weighted by Crippen LogP contribution is 2.24. The summed E-state index contributed by atoms with van der Waals surface area (Å²) in [6.45, 7) is 0. The van der Waals surface area contributed by atoms with Gasteiger partial charge in [0.1, 0.15) is 0 Å². The number of aromatic nitrogens is 1. The molecule has 0 saturated carbocycles. The molecule has 0 bridgehead atoms. The van der Waals surface area contributed by atoms with E-state index in [-0.39, 0.29) is 5.88 Å². The molecule has 1 rings (SSSR count). The van der Waals surface area contributed by atoms with E-state index in [1.165, 1.54) is 0 Å². The molecule has 0 aliphatic rings. The lowest BCUT2D eigenvalue weighted by atomic mass is 10.3. The van der Waals surface area contributed by atoms with Gasteiger partial charge in [0, 0.05) is 6.07 Å². The number of esters is 1. The van der Waals surface area contributed by atoms with Crippen molar-refractivity contribution in [2.24, 2.45) is 0 Å². The summed E-state index contributed by atoms with van der Waals surface area (Å²) in [7, 11) is 2.11. The molecule has 6 nitrogen and oxygen atoms in total. The van der Waals surface area contributed by atoms with Gasteiger partial charge in [0.15, 0.2) is 11.6 Å². The third kappa shape index (κ3) is 3.15. The van der Waals surface area contributed by atoms with E-state index in [1.54, 1.807) is 0 Å². The van der Waals surface area contributed by atoms with Gasteiger partial charge in [-0.3, -0.25) is 4.79 Å². The number of carbonyl (C=O) groups is 1. The van der Waals surface area contributed by atoms with Crippen LogP contribution in [0.3, 0.4) is 0 Å². The van der Waals surface area contributed by atoms with Crippen LogP contribution in [-0.4, -0.2) is 31.5 Å². The molecule has 0 aliphatic carbocycles. The molecule has 1 aromatic rings. The van der Waals surface area contributed by atoms with Gasteiger partial charge >= 0.3 is 12.3 Å². The fraction of sp³-hybridized carbons (Fsp3) is 0.333. The van der Waals surface area contributed by atoms with Crippen molar-refractivity contribution >= 4 is 5.97 Å². The largest absolute Gasteiger partial charge is 0.573 e. The van der Waals surface area contributed by atoms with E-state index in [9.17, 15) is 22.8 Å². The van der Waals surface area contributed by atoms with Crippen LogP contribution >= 0.6 is 0 Å². The molecule has 18 heavy (non-hydrogen) atoms. The van der Waals surface area contributed by atoms with Crippen LogP contribution in [-0.2, 0) is 4.74 Å². The number of ether oxygens (including phenoxy) is 3. The number of methoxy groups -OCH3 is 2.